The van der Waals surface area contributed by atoms with Gasteiger partial charge in [0.25, 0.3) is 5.69 Å². The molecule has 0 bridgehead atoms. The Labute approximate surface area is 230 Å². The molecule has 218 valence electrons. The van der Waals surface area contributed by atoms with Gasteiger partial charge in [0.1, 0.15) is 5.69 Å². The molecular formula is C20H24Br2F8N4O4. The molecule has 2 aromatic carbocycles. The van der Waals surface area contributed by atoms with Gasteiger partial charge in [-0.25, -0.2) is 0 Å². The lowest BCUT2D eigenvalue weighted by atomic mass is 10.2. The maximum absolute atomic E-state index is 12.6. The number of nitrogens with two attached hydrogens (primary N) is 1. The molecule has 0 heterocycles. The highest BCUT2D eigenvalue weighted by atomic mass is 79.9. The van der Waals surface area contributed by atoms with Crippen LogP contribution >= 0.6 is 31.9 Å². The van der Waals surface area contributed by atoms with E-state index in [1.54, 1.807) is 0 Å². The third-order valence-corrected chi connectivity index (χ3v) is 4.40. The van der Waals surface area contributed by atoms with Crippen LogP contribution in [-0.4, -0.2) is 42.4 Å². The average Bonchev–Trinajstić information content (AvgIpc) is 2.76. The molecule has 0 saturated carbocycles. The van der Waals surface area contributed by atoms with Crippen LogP contribution in [0.5, 0.6) is 0 Å². The summed E-state index contributed by atoms with van der Waals surface area (Å²) in [6.45, 7) is -0.713. The fourth-order valence-corrected chi connectivity index (χ4v) is 2.63. The number of halogens is 10. The molecule has 0 aliphatic heterocycles. The van der Waals surface area contributed by atoms with E-state index >= 15 is 0 Å². The van der Waals surface area contributed by atoms with E-state index < -0.39 is 60.2 Å². The first-order valence-electron chi connectivity index (χ1n) is 10.0. The largest absolute Gasteiger partial charge is 0.390 e. The Morgan fingerprint density at radius 2 is 1.34 bits per heavy atom. The van der Waals surface area contributed by atoms with Crippen molar-refractivity contribution in [1.82, 2.24) is 0 Å². The highest BCUT2D eigenvalue weighted by Crippen LogP contribution is 2.28. The molecule has 0 aromatic heterocycles. The van der Waals surface area contributed by atoms with Gasteiger partial charge in [-0.3, -0.25) is 24.6 Å². The van der Waals surface area contributed by atoms with E-state index in [1.165, 1.54) is 24.3 Å². The van der Waals surface area contributed by atoms with E-state index in [9.17, 15) is 55.4 Å². The number of benzene rings is 2. The van der Waals surface area contributed by atoms with Gasteiger partial charge >= 0.3 is 18.0 Å². The van der Waals surface area contributed by atoms with Crippen LogP contribution in [-0.2, 0) is 0 Å². The molecule has 0 radical (unpaired) electrons. The van der Waals surface area contributed by atoms with Crippen LogP contribution in [0.25, 0.3) is 0 Å². The minimum atomic E-state index is -4.28. The molecule has 38 heavy (non-hydrogen) atoms. The smallest absolute Gasteiger partial charge is 0.379 e. The first-order chi connectivity index (χ1) is 17.4. The van der Waals surface area contributed by atoms with Gasteiger partial charge in [0.05, 0.1) is 31.2 Å². The Kier molecular flexibility index (Phi) is 19.2. The zero-order chi connectivity index (χ0) is 30.1. The quantitative estimate of drug-likeness (QED) is 0.178. The number of alkyl halides is 7. The topological polar surface area (TPSA) is 124 Å². The highest BCUT2D eigenvalue weighted by molar-refractivity contribution is 9.10. The standard InChI is InChI=1S/C9H8BrF3N2O2.C6H3BrFNO2.C3H6F3N.CH3F.CH4/c10-6-1-2-7(8(5-6)15(16)17)14-4-3-9(11,12)13;7-4-1-2-5(8)6(3-4)9(10)11;4-3(5,6)1-2-7;1-2;/h1-2,5,14H,3-4H2;1-3H;1-2,7H2;1H3;1H4/i;;;1D;. The minimum Gasteiger partial charge on any atom is -0.379 e. The van der Waals surface area contributed by atoms with Gasteiger partial charge in [0.15, 0.2) is 0 Å². The first kappa shape index (κ1) is 37.6. The van der Waals surface area contributed by atoms with Gasteiger partial charge in [-0.2, -0.15) is 30.7 Å². The molecule has 2 aromatic rings. The molecule has 8 nitrogen and oxygen atoms in total. The molecule has 0 aliphatic rings. The van der Waals surface area contributed by atoms with E-state index in [1.807, 2.05) is 0 Å². The lowest BCUT2D eigenvalue weighted by Gasteiger charge is -2.09. The summed E-state index contributed by atoms with van der Waals surface area (Å²) in [4.78, 5) is 19.4. The summed E-state index contributed by atoms with van der Waals surface area (Å²) in [6, 6.07) is 7.68. The predicted molar refractivity (Wildman–Crippen MR) is 134 cm³/mol. The Balaban J connectivity index is -0.000000507. The highest BCUT2D eigenvalue weighted by Gasteiger charge is 2.27. The number of nitro benzene ring substituents is 2. The zero-order valence-corrected chi connectivity index (χ0v) is 21.6. The van der Waals surface area contributed by atoms with E-state index in [0.29, 0.717) is 8.95 Å². The fraction of sp³-hybridized carbons (Fsp3) is 0.400. The Bertz CT molecular complexity index is 1020. The first-order valence-corrected chi connectivity index (χ1v) is 10.9. The van der Waals surface area contributed by atoms with Gasteiger partial charge in [-0.1, -0.05) is 39.3 Å². The maximum atomic E-state index is 12.6. The normalized spacial score (nSPS) is 10.6. The van der Waals surface area contributed by atoms with Crippen LogP contribution in [0.3, 0.4) is 0 Å². The molecule has 3 N–H and O–H groups in total. The SMILES string of the molecule is C.NCCC(F)(F)F.O=[N+]([O-])c1cc(Br)ccc1F.O=[N+]([O-])c1cc(Br)ccc1NCCC(F)(F)F.[2H]CF. The van der Waals surface area contributed by atoms with Crippen LogP contribution in [0, 0.1) is 26.0 Å². The lowest BCUT2D eigenvalue weighted by molar-refractivity contribution is -0.387. The second-order valence-electron chi connectivity index (χ2n) is 6.22. The molecule has 0 atom stereocenters. The molecule has 0 saturated heterocycles. The summed E-state index contributed by atoms with van der Waals surface area (Å²) in [6.07, 6.45) is -10.3. The van der Waals surface area contributed by atoms with Crippen molar-refractivity contribution in [2.75, 3.05) is 25.6 Å². The Morgan fingerprint density at radius 1 is 0.921 bits per heavy atom. The van der Waals surface area contributed by atoms with Gasteiger partial charge in [0.2, 0.25) is 5.82 Å². The number of nitrogens with one attached hydrogen (secondary N) is 1. The number of hydrogen-bond acceptors (Lipinski definition) is 6. The number of nitrogens with zero attached hydrogens (tertiary/aromatic N) is 2. The number of anilines is 1. The maximum Gasteiger partial charge on any atom is 0.390 e. The summed E-state index contributed by atoms with van der Waals surface area (Å²) in [7, 11) is -1.00. The van der Waals surface area contributed by atoms with Crippen LogP contribution in [0.15, 0.2) is 45.3 Å². The molecule has 0 fully saturated rings. The second-order valence-corrected chi connectivity index (χ2v) is 8.05. The Morgan fingerprint density at radius 3 is 1.68 bits per heavy atom. The van der Waals surface area contributed by atoms with Gasteiger partial charge in [-0.05, 0) is 24.3 Å². The zero-order valence-electron chi connectivity index (χ0n) is 19.4. The molecule has 2 rings (SSSR count). The van der Waals surface area contributed by atoms with E-state index in [2.05, 4.69) is 42.9 Å². The van der Waals surface area contributed by atoms with Crippen molar-refractivity contribution < 1.29 is 46.3 Å². The lowest BCUT2D eigenvalue weighted by Crippen LogP contribution is -2.15. The third kappa shape index (κ3) is 19.5. The van der Waals surface area contributed by atoms with Gasteiger partial charge in [0, 0.05) is 34.2 Å². The number of hydrogen-bond donors (Lipinski definition) is 2. The minimum absolute atomic E-state index is 0. The average molecular weight is 697 g/mol. The molecule has 0 unspecified atom stereocenters. The summed E-state index contributed by atoms with van der Waals surface area (Å²) in [5.41, 5.74) is 3.89. The summed E-state index contributed by atoms with van der Waals surface area (Å²) < 4.78 is 97.7. The van der Waals surface area contributed by atoms with Crippen LogP contribution in [0.1, 0.15) is 21.6 Å². The second kappa shape index (κ2) is 19.5. The summed E-state index contributed by atoms with van der Waals surface area (Å²) in [5.74, 6) is -0.821. The van der Waals surface area contributed by atoms with Crippen molar-refractivity contribution in [2.24, 2.45) is 5.73 Å². The van der Waals surface area contributed by atoms with Gasteiger partial charge in [-0.15, -0.1) is 0 Å². The fourth-order valence-electron chi connectivity index (χ4n) is 1.93. The molecule has 0 aliphatic carbocycles. The van der Waals surface area contributed by atoms with Crippen LogP contribution in [0.2, 0.25) is 0 Å². The Hall–Kier alpha value is -2.60. The third-order valence-electron chi connectivity index (χ3n) is 3.41. The molecule has 0 spiro atoms. The van der Waals surface area contributed by atoms with Crippen molar-refractivity contribution in [1.29, 1.82) is 0 Å². The van der Waals surface area contributed by atoms with Crippen molar-refractivity contribution >= 4 is 48.9 Å². The molecular weight excluding hydrogens is 672 g/mol. The summed E-state index contributed by atoms with van der Waals surface area (Å²) in [5, 5.41) is 23.2. The molecule has 18 heteroatoms. The number of nitro groups is 2. The van der Waals surface area contributed by atoms with E-state index in [0.717, 1.165) is 12.1 Å². The predicted octanol–water partition coefficient (Wildman–Crippen LogP) is 8.34. The molecule has 0 amide bonds. The van der Waals surface area contributed by atoms with Crippen LogP contribution in [0.4, 0.5) is 52.2 Å². The van der Waals surface area contributed by atoms with Crippen molar-refractivity contribution in [3.63, 3.8) is 0 Å². The van der Waals surface area contributed by atoms with Crippen LogP contribution < -0.4 is 11.1 Å². The summed E-state index contributed by atoms with van der Waals surface area (Å²) >= 11 is 6.05. The monoisotopic (exact) mass is 695 g/mol. The van der Waals surface area contributed by atoms with E-state index in [-0.39, 0.29) is 25.3 Å². The number of rotatable bonds is 6. The van der Waals surface area contributed by atoms with Gasteiger partial charge < -0.3 is 11.1 Å². The van der Waals surface area contributed by atoms with Crippen molar-refractivity contribution in [2.45, 2.75) is 32.6 Å². The van der Waals surface area contributed by atoms with E-state index in [4.69, 9.17) is 1.37 Å². The van der Waals surface area contributed by atoms with Crippen molar-refractivity contribution in [3.8, 4) is 0 Å². The van der Waals surface area contributed by atoms with Crippen molar-refractivity contribution in [3.05, 3.63) is 71.4 Å².